The van der Waals surface area contributed by atoms with Crippen molar-refractivity contribution in [2.75, 3.05) is 18.2 Å². The maximum Gasteiger partial charge on any atom is 0.337 e. The molecule has 3 aromatic rings. The Hall–Kier alpha value is -4.03. The molecule has 0 aliphatic carbocycles. The van der Waals surface area contributed by atoms with E-state index in [0.29, 0.717) is 0 Å². The molecule has 2 heterocycles. The number of carboxylic acid groups (broad SMARTS) is 1. The summed E-state index contributed by atoms with van der Waals surface area (Å²) in [4.78, 5) is 31.9. The number of rotatable bonds is 9. The number of carbonyl (C=O) groups is 2. The molecule has 0 bridgehead atoms. The third-order valence-electron chi connectivity index (χ3n) is 4.35. The van der Waals surface area contributed by atoms with Crippen molar-refractivity contribution in [2.24, 2.45) is 0 Å². The lowest BCUT2D eigenvalue weighted by Gasteiger charge is -2.14. The van der Waals surface area contributed by atoms with Crippen molar-refractivity contribution < 1.29 is 37.7 Å². The van der Waals surface area contributed by atoms with E-state index in [-0.39, 0.29) is 46.0 Å². The van der Waals surface area contributed by atoms with Gasteiger partial charge in [-0.25, -0.2) is 18.2 Å². The molecule has 1 aromatic carbocycles. The first kappa shape index (κ1) is 24.6. The van der Waals surface area contributed by atoms with Gasteiger partial charge in [0.2, 0.25) is 11.8 Å². The number of pyridine rings is 2. The Labute approximate surface area is 194 Å². The Balaban J connectivity index is 1.87. The molecular weight excluding hydrogens is 466 g/mol. The van der Waals surface area contributed by atoms with Crippen molar-refractivity contribution in [2.45, 2.75) is 17.9 Å². The number of benzene rings is 1. The van der Waals surface area contributed by atoms with Crippen molar-refractivity contribution >= 4 is 27.5 Å². The Morgan fingerprint density at radius 3 is 2.29 bits per heavy atom. The Bertz CT molecular complexity index is 1290. The number of aromatic carboxylic acids is 1. The summed E-state index contributed by atoms with van der Waals surface area (Å²) in [5, 5.41) is 20.8. The molecule has 0 aliphatic rings. The van der Waals surface area contributed by atoms with Crippen LogP contribution in [0.25, 0.3) is 0 Å². The van der Waals surface area contributed by atoms with Crippen molar-refractivity contribution in [1.29, 1.82) is 0 Å². The topological polar surface area (TPSA) is 165 Å². The number of aliphatic hydroxyl groups excluding tert-OH is 1. The minimum Gasteiger partial charge on any atom is -0.478 e. The van der Waals surface area contributed by atoms with E-state index in [4.69, 9.17) is 14.6 Å². The number of aliphatic hydroxyl groups is 1. The van der Waals surface area contributed by atoms with Crippen LogP contribution < -0.4 is 14.8 Å². The molecule has 0 saturated heterocycles. The van der Waals surface area contributed by atoms with Crippen LogP contribution in [-0.2, 0) is 9.84 Å². The monoisotopic (exact) mass is 487 g/mol. The molecule has 12 heteroatoms. The van der Waals surface area contributed by atoms with Crippen LogP contribution in [0.5, 0.6) is 17.5 Å². The molecule has 3 N–H and O–H groups in total. The molecule has 3 rings (SSSR count). The molecule has 0 fully saturated rings. The first-order valence-electron chi connectivity index (χ1n) is 9.83. The molecule has 1 amide bonds. The van der Waals surface area contributed by atoms with Gasteiger partial charge < -0.3 is 25.0 Å². The van der Waals surface area contributed by atoms with Gasteiger partial charge >= 0.3 is 5.97 Å². The van der Waals surface area contributed by atoms with E-state index in [1.165, 1.54) is 48.5 Å². The summed E-state index contributed by atoms with van der Waals surface area (Å²) in [5.41, 5.74) is 0.0511. The van der Waals surface area contributed by atoms with Crippen LogP contribution in [0.15, 0.2) is 59.6 Å². The second kappa shape index (κ2) is 10.3. The summed E-state index contributed by atoms with van der Waals surface area (Å²) in [6.45, 7) is 1.31. The zero-order valence-electron chi connectivity index (χ0n) is 18.1. The number of nitrogens with one attached hydrogen (secondary N) is 1. The van der Waals surface area contributed by atoms with Crippen LogP contribution in [-0.4, -0.2) is 59.4 Å². The quantitative estimate of drug-likeness (QED) is 0.408. The van der Waals surface area contributed by atoms with Crippen LogP contribution in [0.4, 0.5) is 5.82 Å². The number of aromatic nitrogens is 2. The molecule has 34 heavy (non-hydrogen) atoms. The van der Waals surface area contributed by atoms with Gasteiger partial charge in [-0.15, -0.1) is 0 Å². The van der Waals surface area contributed by atoms with Crippen molar-refractivity contribution in [3.8, 4) is 17.5 Å². The first-order chi connectivity index (χ1) is 16.0. The molecule has 0 saturated carbocycles. The Morgan fingerprint density at radius 2 is 1.74 bits per heavy atom. The summed E-state index contributed by atoms with van der Waals surface area (Å²) in [6.07, 6.45) is 1.58. The number of ether oxygens (including phenoxy) is 2. The van der Waals surface area contributed by atoms with E-state index in [1.807, 2.05) is 0 Å². The molecule has 178 valence electrons. The lowest BCUT2D eigenvalue weighted by atomic mass is 10.2. The van der Waals surface area contributed by atoms with E-state index < -0.39 is 27.8 Å². The summed E-state index contributed by atoms with van der Waals surface area (Å²) >= 11 is 0. The van der Waals surface area contributed by atoms with Crippen LogP contribution in [0.3, 0.4) is 0 Å². The van der Waals surface area contributed by atoms with Crippen molar-refractivity contribution in [3.63, 3.8) is 0 Å². The van der Waals surface area contributed by atoms with Gasteiger partial charge in [0.15, 0.2) is 9.84 Å². The molecule has 0 radical (unpaired) electrons. The van der Waals surface area contributed by atoms with Gasteiger partial charge in [-0.1, -0.05) is 0 Å². The SMILES string of the molecule is C[C@H](CO)Oc1cc(C(=O)Nc2ccc(C(=O)O)cn2)cc(Oc2ccc(S(C)(=O)=O)cc2)n1. The zero-order valence-corrected chi connectivity index (χ0v) is 18.9. The number of nitrogens with zero attached hydrogens (tertiary/aromatic N) is 2. The number of amides is 1. The van der Waals surface area contributed by atoms with Crippen molar-refractivity contribution in [3.05, 3.63) is 65.9 Å². The predicted molar refractivity (Wildman–Crippen MR) is 120 cm³/mol. The number of hydrogen-bond donors (Lipinski definition) is 3. The molecule has 11 nitrogen and oxygen atoms in total. The third-order valence-corrected chi connectivity index (χ3v) is 5.47. The number of hydrogen-bond acceptors (Lipinski definition) is 9. The highest BCUT2D eigenvalue weighted by molar-refractivity contribution is 7.90. The first-order valence-corrected chi connectivity index (χ1v) is 11.7. The highest BCUT2D eigenvalue weighted by atomic mass is 32.2. The number of carboxylic acids is 1. The van der Waals surface area contributed by atoms with Crippen LogP contribution in [0.2, 0.25) is 0 Å². The fraction of sp³-hybridized carbons (Fsp3) is 0.182. The van der Waals surface area contributed by atoms with Gasteiger partial charge in [0.05, 0.1) is 22.6 Å². The van der Waals surface area contributed by atoms with Gasteiger partial charge in [0.25, 0.3) is 5.91 Å². The minimum absolute atomic E-state index is 0.00569. The number of sulfone groups is 1. The van der Waals surface area contributed by atoms with E-state index >= 15 is 0 Å². The summed E-state index contributed by atoms with van der Waals surface area (Å²) in [5.74, 6) is -1.37. The van der Waals surface area contributed by atoms with Gasteiger partial charge in [-0.05, 0) is 43.3 Å². The van der Waals surface area contributed by atoms with Gasteiger partial charge in [0, 0.05) is 24.6 Å². The average Bonchev–Trinajstić information content (AvgIpc) is 2.79. The van der Waals surface area contributed by atoms with Gasteiger partial charge in [-0.3, -0.25) is 4.79 Å². The Morgan fingerprint density at radius 1 is 1.06 bits per heavy atom. The van der Waals surface area contributed by atoms with Gasteiger partial charge in [0.1, 0.15) is 17.7 Å². The largest absolute Gasteiger partial charge is 0.478 e. The predicted octanol–water partition coefficient (Wildman–Crippen LogP) is 2.38. The lowest BCUT2D eigenvalue weighted by Crippen LogP contribution is -2.18. The van der Waals surface area contributed by atoms with Crippen molar-refractivity contribution in [1.82, 2.24) is 9.97 Å². The van der Waals surface area contributed by atoms with Crippen LogP contribution in [0.1, 0.15) is 27.6 Å². The maximum atomic E-state index is 12.8. The van der Waals surface area contributed by atoms with Crippen LogP contribution >= 0.6 is 0 Å². The Kier molecular flexibility index (Phi) is 7.44. The van der Waals surface area contributed by atoms with E-state index in [0.717, 1.165) is 12.5 Å². The minimum atomic E-state index is -3.38. The molecule has 0 spiro atoms. The standard InChI is InChI=1S/C22H21N3O8S/c1-13(12-26)32-19-9-15(21(27)24-18-8-3-14(11-23-18)22(28)29)10-20(25-19)33-16-4-6-17(7-5-16)34(2,30)31/h3-11,13,26H,12H2,1-2H3,(H,28,29)(H,23,24,27)/t13-/m1/s1. The highest BCUT2D eigenvalue weighted by Crippen LogP contribution is 2.26. The summed E-state index contributed by atoms with van der Waals surface area (Å²) in [6, 6.07) is 10.9. The fourth-order valence-electron chi connectivity index (χ4n) is 2.63. The van der Waals surface area contributed by atoms with Gasteiger partial charge in [-0.2, -0.15) is 4.98 Å². The van der Waals surface area contributed by atoms with E-state index in [9.17, 15) is 23.1 Å². The molecular formula is C22H21N3O8S. The number of anilines is 1. The second-order valence-corrected chi connectivity index (χ2v) is 9.20. The molecule has 2 aromatic heterocycles. The van der Waals surface area contributed by atoms with E-state index in [1.54, 1.807) is 6.92 Å². The average molecular weight is 487 g/mol. The zero-order chi connectivity index (χ0) is 24.9. The summed E-state index contributed by atoms with van der Waals surface area (Å²) < 4.78 is 34.4. The third kappa shape index (κ3) is 6.49. The lowest BCUT2D eigenvalue weighted by molar-refractivity contribution is 0.0696. The molecule has 0 unspecified atom stereocenters. The molecule has 1 atom stereocenters. The number of carbonyl (C=O) groups excluding carboxylic acids is 1. The second-order valence-electron chi connectivity index (χ2n) is 7.18. The normalized spacial score (nSPS) is 12.0. The van der Waals surface area contributed by atoms with E-state index in [2.05, 4.69) is 15.3 Å². The summed E-state index contributed by atoms with van der Waals surface area (Å²) in [7, 11) is -3.38. The smallest absolute Gasteiger partial charge is 0.337 e. The molecule has 0 aliphatic heterocycles. The fourth-order valence-corrected chi connectivity index (χ4v) is 3.26. The van der Waals surface area contributed by atoms with Crippen LogP contribution in [0, 0.1) is 0 Å². The maximum absolute atomic E-state index is 12.8. The highest BCUT2D eigenvalue weighted by Gasteiger charge is 2.16.